The quantitative estimate of drug-likeness (QED) is 0.694. The van der Waals surface area contributed by atoms with Crippen LogP contribution in [0.2, 0.25) is 0 Å². The van der Waals surface area contributed by atoms with E-state index in [1.807, 2.05) is 20.8 Å². The van der Waals surface area contributed by atoms with Crippen molar-refractivity contribution in [3.63, 3.8) is 0 Å². The lowest BCUT2D eigenvalue weighted by Crippen LogP contribution is -2.37. The minimum absolute atomic E-state index is 0.00226. The standard InChI is InChI=1S/C15H26O5/c1-14(2,3)9-7-17-12-10(8-18-11(9)12)19-13(16)20-15(4,5)6/h9-12H,7-8H2,1-6H3. The van der Waals surface area contributed by atoms with Crippen LogP contribution in [0.5, 0.6) is 0 Å². The van der Waals surface area contributed by atoms with Crippen molar-refractivity contribution in [1.82, 2.24) is 0 Å². The van der Waals surface area contributed by atoms with E-state index < -0.39 is 11.8 Å². The number of hydrogen-bond acceptors (Lipinski definition) is 5. The summed E-state index contributed by atoms with van der Waals surface area (Å²) in [6.45, 7) is 13.0. The van der Waals surface area contributed by atoms with E-state index in [0.717, 1.165) is 0 Å². The Kier molecular flexibility index (Phi) is 4.04. The number of fused-ring (bicyclic) bond motifs is 1. The van der Waals surface area contributed by atoms with Crippen molar-refractivity contribution < 1.29 is 23.7 Å². The number of ether oxygens (including phenoxy) is 4. The van der Waals surface area contributed by atoms with E-state index in [2.05, 4.69) is 20.8 Å². The highest BCUT2D eigenvalue weighted by Crippen LogP contribution is 2.41. The lowest BCUT2D eigenvalue weighted by atomic mass is 9.78. The maximum Gasteiger partial charge on any atom is 0.509 e. The van der Waals surface area contributed by atoms with Crippen molar-refractivity contribution in [3.8, 4) is 0 Å². The van der Waals surface area contributed by atoms with Gasteiger partial charge in [-0.25, -0.2) is 4.79 Å². The number of carbonyl (C=O) groups excluding carboxylic acids is 1. The first-order valence-corrected chi connectivity index (χ1v) is 7.21. The molecule has 2 rings (SSSR count). The summed E-state index contributed by atoms with van der Waals surface area (Å²) in [6, 6.07) is 0. The van der Waals surface area contributed by atoms with Crippen LogP contribution < -0.4 is 0 Å². The van der Waals surface area contributed by atoms with Gasteiger partial charge in [0.1, 0.15) is 11.7 Å². The molecule has 0 aromatic heterocycles. The fraction of sp³-hybridized carbons (Fsp3) is 0.933. The Hall–Kier alpha value is -0.810. The van der Waals surface area contributed by atoms with E-state index in [1.165, 1.54) is 0 Å². The summed E-state index contributed by atoms with van der Waals surface area (Å²) in [6.07, 6.45) is -1.20. The molecule has 116 valence electrons. The molecule has 2 saturated heterocycles. The summed E-state index contributed by atoms with van der Waals surface area (Å²) in [5.41, 5.74) is -0.444. The molecule has 2 fully saturated rings. The van der Waals surface area contributed by atoms with Crippen LogP contribution in [0.3, 0.4) is 0 Å². The lowest BCUT2D eigenvalue weighted by Gasteiger charge is -2.29. The van der Waals surface area contributed by atoms with Gasteiger partial charge in [0.2, 0.25) is 0 Å². The highest BCUT2D eigenvalue weighted by atomic mass is 16.8. The van der Waals surface area contributed by atoms with E-state index in [-0.39, 0.29) is 23.7 Å². The molecular formula is C15H26O5. The minimum Gasteiger partial charge on any atom is -0.429 e. The monoisotopic (exact) mass is 286 g/mol. The molecule has 4 unspecified atom stereocenters. The highest BCUT2D eigenvalue weighted by Gasteiger charge is 2.52. The van der Waals surface area contributed by atoms with Crippen LogP contribution in [-0.2, 0) is 18.9 Å². The van der Waals surface area contributed by atoms with Crippen LogP contribution in [0.25, 0.3) is 0 Å². The maximum absolute atomic E-state index is 11.7. The third-order valence-corrected chi connectivity index (χ3v) is 3.76. The summed E-state index contributed by atoms with van der Waals surface area (Å²) < 4.78 is 22.1. The minimum atomic E-state index is -0.658. The van der Waals surface area contributed by atoms with E-state index in [9.17, 15) is 4.79 Å². The van der Waals surface area contributed by atoms with Crippen molar-refractivity contribution in [1.29, 1.82) is 0 Å². The lowest BCUT2D eigenvalue weighted by molar-refractivity contribution is -0.0566. The molecule has 0 spiro atoms. The van der Waals surface area contributed by atoms with Crippen molar-refractivity contribution in [2.45, 2.75) is 65.5 Å². The van der Waals surface area contributed by atoms with Gasteiger partial charge in [-0.05, 0) is 26.2 Å². The molecule has 5 heteroatoms. The normalized spacial score (nSPS) is 33.9. The van der Waals surface area contributed by atoms with E-state index >= 15 is 0 Å². The molecule has 0 radical (unpaired) electrons. The summed E-state index contributed by atoms with van der Waals surface area (Å²) in [5, 5.41) is 0. The summed E-state index contributed by atoms with van der Waals surface area (Å²) in [5.74, 6) is 0.319. The Bertz CT molecular complexity index is 365. The first-order valence-electron chi connectivity index (χ1n) is 7.21. The van der Waals surface area contributed by atoms with E-state index in [0.29, 0.717) is 19.1 Å². The summed E-state index contributed by atoms with van der Waals surface area (Å²) in [7, 11) is 0. The van der Waals surface area contributed by atoms with Gasteiger partial charge in [-0.2, -0.15) is 0 Å². The fourth-order valence-corrected chi connectivity index (χ4v) is 2.71. The molecule has 0 N–H and O–H groups in total. The van der Waals surface area contributed by atoms with Crippen molar-refractivity contribution in [2.75, 3.05) is 13.2 Å². The van der Waals surface area contributed by atoms with E-state index in [1.54, 1.807) is 0 Å². The zero-order valence-electron chi connectivity index (χ0n) is 13.3. The largest absolute Gasteiger partial charge is 0.509 e. The van der Waals surface area contributed by atoms with Crippen LogP contribution in [0.1, 0.15) is 41.5 Å². The zero-order valence-corrected chi connectivity index (χ0v) is 13.3. The first kappa shape index (κ1) is 15.6. The van der Waals surface area contributed by atoms with Crippen LogP contribution in [0.15, 0.2) is 0 Å². The van der Waals surface area contributed by atoms with Crippen LogP contribution in [0.4, 0.5) is 4.79 Å². The topological polar surface area (TPSA) is 54.0 Å². The molecule has 2 aliphatic heterocycles. The third kappa shape index (κ3) is 3.44. The summed E-state index contributed by atoms with van der Waals surface area (Å²) in [4.78, 5) is 11.7. The summed E-state index contributed by atoms with van der Waals surface area (Å²) >= 11 is 0. The number of carbonyl (C=O) groups is 1. The van der Waals surface area contributed by atoms with Gasteiger partial charge in [-0.15, -0.1) is 0 Å². The van der Waals surface area contributed by atoms with Gasteiger partial charge in [0.25, 0.3) is 0 Å². The molecule has 0 saturated carbocycles. The molecular weight excluding hydrogens is 260 g/mol. The van der Waals surface area contributed by atoms with Crippen LogP contribution >= 0.6 is 0 Å². The second-order valence-corrected chi connectivity index (χ2v) is 7.69. The molecule has 0 aliphatic carbocycles. The molecule has 0 amide bonds. The second kappa shape index (κ2) is 5.19. The molecule has 5 nitrogen and oxygen atoms in total. The average molecular weight is 286 g/mol. The molecule has 0 bridgehead atoms. The Labute approximate surface area is 120 Å². The van der Waals surface area contributed by atoms with Crippen molar-refractivity contribution in [2.24, 2.45) is 11.3 Å². The Morgan fingerprint density at radius 1 is 1.00 bits per heavy atom. The smallest absolute Gasteiger partial charge is 0.429 e. The van der Waals surface area contributed by atoms with Gasteiger partial charge in [0.05, 0.1) is 19.3 Å². The number of rotatable bonds is 1. The molecule has 0 aromatic carbocycles. The Morgan fingerprint density at radius 2 is 1.60 bits per heavy atom. The van der Waals surface area contributed by atoms with Crippen LogP contribution in [-0.4, -0.2) is 43.3 Å². The average Bonchev–Trinajstić information content (AvgIpc) is 2.76. The van der Waals surface area contributed by atoms with Gasteiger partial charge in [-0.3, -0.25) is 0 Å². The second-order valence-electron chi connectivity index (χ2n) is 7.69. The molecule has 20 heavy (non-hydrogen) atoms. The van der Waals surface area contributed by atoms with Gasteiger partial charge in [0.15, 0.2) is 6.10 Å². The highest BCUT2D eigenvalue weighted by molar-refractivity contribution is 5.60. The van der Waals surface area contributed by atoms with Crippen molar-refractivity contribution >= 4 is 6.16 Å². The zero-order chi connectivity index (χ0) is 15.1. The van der Waals surface area contributed by atoms with Gasteiger partial charge < -0.3 is 18.9 Å². The predicted octanol–water partition coefficient (Wildman–Crippen LogP) is 2.77. The Morgan fingerprint density at radius 3 is 2.15 bits per heavy atom. The van der Waals surface area contributed by atoms with Gasteiger partial charge in [-0.1, -0.05) is 20.8 Å². The SMILES string of the molecule is CC(C)(C)OC(=O)OC1COC2C1OCC2C(C)(C)C. The first-order chi connectivity index (χ1) is 9.08. The van der Waals surface area contributed by atoms with E-state index in [4.69, 9.17) is 18.9 Å². The van der Waals surface area contributed by atoms with Crippen molar-refractivity contribution in [3.05, 3.63) is 0 Å². The molecule has 0 aromatic rings. The molecule has 2 aliphatic rings. The molecule has 4 atom stereocenters. The van der Waals surface area contributed by atoms with Gasteiger partial charge in [0, 0.05) is 5.92 Å². The Balaban J connectivity index is 1.93. The number of hydrogen-bond donors (Lipinski definition) is 0. The fourth-order valence-electron chi connectivity index (χ4n) is 2.71. The third-order valence-electron chi connectivity index (χ3n) is 3.76. The van der Waals surface area contributed by atoms with Gasteiger partial charge >= 0.3 is 6.16 Å². The molecule has 2 heterocycles. The predicted molar refractivity (Wildman–Crippen MR) is 73.5 cm³/mol. The van der Waals surface area contributed by atoms with Crippen LogP contribution in [0, 0.1) is 11.3 Å². The maximum atomic E-state index is 11.7.